The summed E-state index contributed by atoms with van der Waals surface area (Å²) in [5, 5.41) is 3.32. The maximum atomic E-state index is 12.1. The predicted octanol–water partition coefficient (Wildman–Crippen LogP) is 4.23. The summed E-state index contributed by atoms with van der Waals surface area (Å²) in [5.41, 5.74) is 1.52. The van der Waals surface area contributed by atoms with Gasteiger partial charge in [-0.3, -0.25) is 0 Å². The van der Waals surface area contributed by atoms with Crippen LogP contribution in [0.1, 0.15) is 30.1 Å². The van der Waals surface area contributed by atoms with Gasteiger partial charge in [0.25, 0.3) is 0 Å². The molecular formula is C31H47NO9. The Morgan fingerprint density at radius 3 is 1.54 bits per heavy atom. The predicted molar refractivity (Wildman–Crippen MR) is 157 cm³/mol. The normalized spacial score (nSPS) is 11.0. The van der Waals surface area contributed by atoms with Gasteiger partial charge in [0.15, 0.2) is 0 Å². The van der Waals surface area contributed by atoms with Crippen LogP contribution in [0, 0.1) is 0 Å². The summed E-state index contributed by atoms with van der Waals surface area (Å²) in [7, 11) is 0. The first-order valence-electron chi connectivity index (χ1n) is 14.4. The summed E-state index contributed by atoms with van der Waals surface area (Å²) in [6.07, 6.45) is 2.25. The zero-order valence-electron chi connectivity index (χ0n) is 24.4. The van der Waals surface area contributed by atoms with Crippen LogP contribution in [0.15, 0.2) is 54.6 Å². The molecule has 0 bridgehead atoms. The second-order valence-corrected chi connectivity index (χ2v) is 8.83. The fourth-order valence-electron chi connectivity index (χ4n) is 3.35. The number of anilines is 1. The van der Waals surface area contributed by atoms with Gasteiger partial charge in [0.2, 0.25) is 0 Å². The molecule has 0 saturated carbocycles. The summed E-state index contributed by atoms with van der Waals surface area (Å²) in [5.74, 6) is 0.484. The number of benzene rings is 2. The van der Waals surface area contributed by atoms with Gasteiger partial charge in [-0.05, 0) is 42.8 Å². The van der Waals surface area contributed by atoms with E-state index in [1.165, 1.54) is 0 Å². The number of esters is 1. The number of carbonyl (C=O) groups is 1. The third-order valence-electron chi connectivity index (χ3n) is 5.54. The minimum absolute atomic E-state index is 0.196. The molecule has 2 rings (SSSR count). The number of hydrogen-bond donors (Lipinski definition) is 1. The average molecular weight is 578 g/mol. The highest BCUT2D eigenvalue weighted by atomic mass is 16.6. The second kappa shape index (κ2) is 25.0. The van der Waals surface area contributed by atoms with Crippen LogP contribution in [0.5, 0.6) is 5.75 Å². The van der Waals surface area contributed by atoms with Crippen molar-refractivity contribution in [1.82, 2.24) is 0 Å². The molecule has 0 aliphatic carbocycles. The zero-order chi connectivity index (χ0) is 29.1. The molecule has 0 heterocycles. The molecule has 0 atom stereocenters. The Labute approximate surface area is 244 Å². The van der Waals surface area contributed by atoms with Gasteiger partial charge < -0.3 is 43.2 Å². The summed E-state index contributed by atoms with van der Waals surface area (Å²) in [6, 6.07) is 17.0. The zero-order valence-corrected chi connectivity index (χ0v) is 24.4. The summed E-state index contributed by atoms with van der Waals surface area (Å²) in [6.45, 7) is 9.49. The molecule has 0 spiro atoms. The molecule has 10 heteroatoms. The molecule has 0 fully saturated rings. The van der Waals surface area contributed by atoms with Crippen molar-refractivity contribution >= 4 is 11.7 Å². The maximum Gasteiger partial charge on any atom is 0.338 e. The van der Waals surface area contributed by atoms with E-state index in [9.17, 15) is 4.79 Å². The van der Waals surface area contributed by atoms with Gasteiger partial charge in [-0.2, -0.15) is 0 Å². The number of rotatable bonds is 27. The maximum absolute atomic E-state index is 12.1. The molecule has 2 aromatic rings. The molecule has 0 radical (unpaired) electrons. The lowest BCUT2D eigenvalue weighted by atomic mass is 10.2. The molecule has 0 aliphatic rings. The number of carbonyl (C=O) groups excluding carboxylic acids is 1. The first kappa shape index (κ1) is 34.5. The van der Waals surface area contributed by atoms with E-state index < -0.39 is 0 Å². The third-order valence-corrected chi connectivity index (χ3v) is 5.54. The molecule has 10 nitrogen and oxygen atoms in total. The van der Waals surface area contributed by atoms with E-state index in [1.54, 1.807) is 12.1 Å². The van der Waals surface area contributed by atoms with Crippen molar-refractivity contribution in [2.45, 2.75) is 19.8 Å². The molecule has 2 aromatic carbocycles. The van der Waals surface area contributed by atoms with E-state index in [1.807, 2.05) is 42.5 Å². The first-order chi connectivity index (χ1) is 20.3. The van der Waals surface area contributed by atoms with Crippen molar-refractivity contribution in [1.29, 1.82) is 0 Å². The largest absolute Gasteiger partial charge is 0.491 e. The van der Waals surface area contributed by atoms with Crippen molar-refractivity contribution in [3.8, 4) is 5.75 Å². The molecule has 41 heavy (non-hydrogen) atoms. The summed E-state index contributed by atoms with van der Waals surface area (Å²) in [4.78, 5) is 12.1. The summed E-state index contributed by atoms with van der Waals surface area (Å²) >= 11 is 0. The third kappa shape index (κ3) is 19.1. The van der Waals surface area contributed by atoms with E-state index in [-0.39, 0.29) is 12.6 Å². The van der Waals surface area contributed by atoms with Gasteiger partial charge in [0.1, 0.15) is 19.0 Å². The molecule has 230 valence electrons. The van der Waals surface area contributed by atoms with Crippen molar-refractivity contribution < 1.29 is 42.7 Å². The highest BCUT2D eigenvalue weighted by Gasteiger charge is 2.06. The van der Waals surface area contributed by atoms with E-state index in [0.717, 1.165) is 30.8 Å². The fraction of sp³-hybridized carbons (Fsp3) is 0.581. The Hall–Kier alpha value is -2.73. The van der Waals surface area contributed by atoms with Crippen LogP contribution < -0.4 is 10.1 Å². The molecule has 0 aliphatic heterocycles. The van der Waals surface area contributed by atoms with Crippen LogP contribution in [-0.4, -0.2) is 105 Å². The average Bonchev–Trinajstić information content (AvgIpc) is 3.00. The standard InChI is InChI=1S/C31H47NO9/c1-2-3-13-32-29-11-9-28(10-12-29)31(33)41-27-25-39-23-21-37-19-17-35-15-14-34-16-18-36-20-22-38-24-26-40-30-7-5-4-6-8-30/h4-12,32H,2-3,13-27H2,1H3. The highest BCUT2D eigenvalue weighted by Crippen LogP contribution is 2.11. The van der Waals surface area contributed by atoms with Crippen LogP contribution >= 0.6 is 0 Å². The van der Waals surface area contributed by atoms with Gasteiger partial charge in [-0.25, -0.2) is 4.79 Å². The lowest BCUT2D eigenvalue weighted by Gasteiger charge is -2.09. The lowest BCUT2D eigenvalue weighted by Crippen LogP contribution is -2.15. The topological polar surface area (TPSA) is 103 Å². The molecule has 1 N–H and O–H groups in total. The first-order valence-corrected chi connectivity index (χ1v) is 14.4. The Bertz CT molecular complexity index is 868. The van der Waals surface area contributed by atoms with E-state index >= 15 is 0 Å². The van der Waals surface area contributed by atoms with Crippen LogP contribution in [0.4, 0.5) is 5.69 Å². The van der Waals surface area contributed by atoms with Gasteiger partial charge in [-0.15, -0.1) is 0 Å². The number of ether oxygens (including phenoxy) is 8. The molecule has 0 saturated heterocycles. The van der Waals surface area contributed by atoms with Gasteiger partial charge in [0.05, 0.1) is 84.8 Å². The number of hydrogen-bond acceptors (Lipinski definition) is 10. The number of nitrogens with one attached hydrogen (secondary N) is 1. The SMILES string of the molecule is CCCCNc1ccc(C(=O)OCCOCCOCCOCCOCCOCCOCCOc2ccccc2)cc1. The molecule has 0 amide bonds. The minimum Gasteiger partial charge on any atom is -0.491 e. The Morgan fingerprint density at radius 2 is 1.05 bits per heavy atom. The summed E-state index contributed by atoms with van der Waals surface area (Å²) < 4.78 is 43.6. The quantitative estimate of drug-likeness (QED) is 0.123. The van der Waals surface area contributed by atoms with Crippen molar-refractivity contribution in [3.05, 3.63) is 60.2 Å². The lowest BCUT2D eigenvalue weighted by molar-refractivity contribution is -0.0201. The van der Waals surface area contributed by atoms with E-state index in [0.29, 0.717) is 91.5 Å². The Balaban J connectivity index is 1.25. The Morgan fingerprint density at radius 1 is 0.585 bits per heavy atom. The molecule has 0 aromatic heterocycles. The number of para-hydroxylation sites is 1. The monoisotopic (exact) mass is 577 g/mol. The van der Waals surface area contributed by atoms with Crippen molar-refractivity contribution in [2.24, 2.45) is 0 Å². The smallest absolute Gasteiger partial charge is 0.338 e. The van der Waals surface area contributed by atoms with Crippen LogP contribution in [-0.2, 0) is 33.2 Å². The second-order valence-electron chi connectivity index (χ2n) is 8.83. The van der Waals surface area contributed by atoms with E-state index in [4.69, 9.17) is 37.9 Å². The van der Waals surface area contributed by atoms with Crippen LogP contribution in [0.3, 0.4) is 0 Å². The van der Waals surface area contributed by atoms with Gasteiger partial charge in [0, 0.05) is 12.2 Å². The van der Waals surface area contributed by atoms with Crippen molar-refractivity contribution in [3.63, 3.8) is 0 Å². The van der Waals surface area contributed by atoms with Crippen LogP contribution in [0.25, 0.3) is 0 Å². The van der Waals surface area contributed by atoms with Crippen molar-refractivity contribution in [2.75, 3.05) is 104 Å². The Kier molecular flexibility index (Phi) is 21.0. The number of unbranched alkanes of at least 4 members (excludes halogenated alkanes) is 1. The highest BCUT2D eigenvalue weighted by molar-refractivity contribution is 5.89. The van der Waals surface area contributed by atoms with Crippen LogP contribution in [0.2, 0.25) is 0 Å². The molecule has 0 unspecified atom stereocenters. The fourth-order valence-corrected chi connectivity index (χ4v) is 3.35. The minimum atomic E-state index is -0.357. The molecular weight excluding hydrogens is 530 g/mol. The van der Waals surface area contributed by atoms with Gasteiger partial charge in [-0.1, -0.05) is 31.5 Å². The van der Waals surface area contributed by atoms with Gasteiger partial charge >= 0.3 is 5.97 Å². The van der Waals surface area contributed by atoms with E-state index in [2.05, 4.69) is 12.2 Å².